The van der Waals surface area contributed by atoms with Crippen molar-refractivity contribution in [2.75, 3.05) is 11.9 Å². The Bertz CT molecular complexity index is 815. The first-order valence-electron chi connectivity index (χ1n) is 10.3. The highest BCUT2D eigenvalue weighted by atomic mass is 32.1. The lowest BCUT2D eigenvalue weighted by atomic mass is 10.0. The van der Waals surface area contributed by atoms with Crippen molar-refractivity contribution in [3.8, 4) is 0 Å². The quantitative estimate of drug-likeness (QED) is 0.589. The number of nitrogens with one attached hydrogen (secondary N) is 1. The Morgan fingerprint density at radius 1 is 1.10 bits per heavy atom. The van der Waals surface area contributed by atoms with E-state index in [0.717, 1.165) is 23.4 Å². The van der Waals surface area contributed by atoms with Crippen LogP contribution in [0.5, 0.6) is 0 Å². The van der Waals surface area contributed by atoms with Crippen molar-refractivity contribution in [2.24, 2.45) is 0 Å². The number of aromatic nitrogens is 1. The Kier molecular flexibility index (Phi) is 7.96. The maximum Gasteiger partial charge on any atom is 0.254 e. The van der Waals surface area contributed by atoms with Crippen LogP contribution in [0.4, 0.5) is 5.13 Å². The molecule has 0 saturated carbocycles. The van der Waals surface area contributed by atoms with Crippen LogP contribution in [0, 0.1) is 13.8 Å². The van der Waals surface area contributed by atoms with Crippen molar-refractivity contribution in [3.05, 3.63) is 46.0 Å². The van der Waals surface area contributed by atoms with Gasteiger partial charge in [0.2, 0.25) is 5.91 Å². The van der Waals surface area contributed by atoms with Crippen molar-refractivity contribution < 1.29 is 9.59 Å². The van der Waals surface area contributed by atoms with Crippen LogP contribution in [0.1, 0.15) is 73.4 Å². The van der Waals surface area contributed by atoms with E-state index in [2.05, 4.69) is 17.2 Å². The smallest absolute Gasteiger partial charge is 0.254 e. The number of aryl methyl sites for hydroxylation is 3. The number of carbonyl (C=O) groups is 2. The second-order valence-electron chi connectivity index (χ2n) is 8.42. The van der Waals surface area contributed by atoms with Gasteiger partial charge < -0.3 is 10.2 Å². The molecule has 1 heterocycles. The highest BCUT2D eigenvalue weighted by Crippen LogP contribution is 2.22. The lowest BCUT2D eigenvalue weighted by molar-refractivity contribution is -0.117. The number of carbonyl (C=O) groups excluding carboxylic acids is 2. The first-order valence-corrected chi connectivity index (χ1v) is 11.1. The molecule has 158 valence electrons. The number of amides is 2. The molecule has 2 aromatic rings. The van der Waals surface area contributed by atoms with Crippen LogP contribution < -0.4 is 5.32 Å². The second kappa shape index (κ2) is 10.0. The van der Waals surface area contributed by atoms with E-state index < -0.39 is 5.54 Å². The van der Waals surface area contributed by atoms with Gasteiger partial charge in [-0.25, -0.2) is 4.98 Å². The van der Waals surface area contributed by atoms with Crippen LogP contribution in [-0.2, 0) is 11.2 Å². The summed E-state index contributed by atoms with van der Waals surface area (Å²) in [6, 6.07) is 7.78. The summed E-state index contributed by atoms with van der Waals surface area (Å²) >= 11 is 1.45. The maximum absolute atomic E-state index is 13.1. The zero-order chi connectivity index (χ0) is 21.6. The number of benzene rings is 1. The molecule has 0 aliphatic rings. The number of nitrogens with zero attached hydrogens (tertiary/aromatic N) is 2. The van der Waals surface area contributed by atoms with E-state index in [9.17, 15) is 9.59 Å². The van der Waals surface area contributed by atoms with E-state index in [4.69, 9.17) is 0 Å². The van der Waals surface area contributed by atoms with Crippen molar-refractivity contribution in [2.45, 2.75) is 72.8 Å². The Morgan fingerprint density at radius 2 is 1.76 bits per heavy atom. The highest BCUT2D eigenvalue weighted by molar-refractivity contribution is 7.15. The summed E-state index contributed by atoms with van der Waals surface area (Å²) in [6.45, 7) is 11.9. The fourth-order valence-electron chi connectivity index (χ4n) is 2.99. The summed E-state index contributed by atoms with van der Waals surface area (Å²) in [6.07, 6.45) is 4.60. The number of thiazole rings is 1. The number of hydrogen-bond donors (Lipinski definition) is 1. The molecule has 1 aromatic carbocycles. The molecular weight excluding hydrogens is 382 g/mol. The predicted molar refractivity (Wildman–Crippen MR) is 121 cm³/mol. The van der Waals surface area contributed by atoms with Crippen LogP contribution in [0.25, 0.3) is 0 Å². The number of unbranched alkanes of at least 4 members (excludes halogenated alkanes) is 2. The van der Waals surface area contributed by atoms with E-state index in [-0.39, 0.29) is 18.4 Å². The molecule has 0 fully saturated rings. The molecule has 2 rings (SSSR count). The Balaban J connectivity index is 2.08. The molecule has 0 bridgehead atoms. The standard InChI is InChI=1S/C23H33N3O2S/c1-7-8-9-10-18-11-13-19(14-12-18)21(28)26(23(4,5)6)15-20(27)25-22-24-16(2)17(3)29-22/h11-14H,7-10,15H2,1-6H3,(H,24,25,27). The second-order valence-corrected chi connectivity index (χ2v) is 9.63. The molecule has 6 heteroatoms. The van der Waals surface area contributed by atoms with Gasteiger partial charge in [-0.2, -0.15) is 0 Å². The Labute approximate surface area is 178 Å². The van der Waals surface area contributed by atoms with Crippen LogP contribution in [0.3, 0.4) is 0 Å². The first kappa shape index (κ1) is 23.1. The van der Waals surface area contributed by atoms with Gasteiger partial charge in [0.15, 0.2) is 5.13 Å². The molecule has 1 N–H and O–H groups in total. The zero-order valence-corrected chi connectivity index (χ0v) is 19.3. The average Bonchev–Trinajstić information content (AvgIpc) is 2.96. The molecule has 0 aliphatic carbocycles. The molecule has 1 aromatic heterocycles. The van der Waals surface area contributed by atoms with Gasteiger partial charge in [-0.05, 0) is 65.2 Å². The van der Waals surface area contributed by atoms with Crippen molar-refractivity contribution in [3.63, 3.8) is 0 Å². The van der Waals surface area contributed by atoms with Gasteiger partial charge in [-0.3, -0.25) is 9.59 Å². The van der Waals surface area contributed by atoms with Gasteiger partial charge in [0.1, 0.15) is 6.54 Å². The fourth-order valence-corrected chi connectivity index (χ4v) is 3.82. The highest BCUT2D eigenvalue weighted by Gasteiger charge is 2.29. The van der Waals surface area contributed by atoms with E-state index in [1.165, 1.54) is 29.7 Å². The monoisotopic (exact) mass is 415 g/mol. The topological polar surface area (TPSA) is 62.3 Å². The number of rotatable bonds is 8. The van der Waals surface area contributed by atoms with Gasteiger partial charge in [0.05, 0.1) is 5.69 Å². The van der Waals surface area contributed by atoms with Gasteiger partial charge in [-0.15, -0.1) is 11.3 Å². The van der Waals surface area contributed by atoms with Gasteiger partial charge in [-0.1, -0.05) is 31.9 Å². The SMILES string of the molecule is CCCCCc1ccc(C(=O)N(CC(=O)Nc2nc(C)c(C)s2)C(C)(C)C)cc1. The molecule has 0 spiro atoms. The minimum Gasteiger partial charge on any atom is -0.324 e. The van der Waals surface area contributed by atoms with Crippen molar-refractivity contribution in [1.29, 1.82) is 0 Å². The van der Waals surface area contributed by atoms with Gasteiger partial charge in [0, 0.05) is 16.0 Å². The number of anilines is 1. The zero-order valence-electron chi connectivity index (χ0n) is 18.5. The van der Waals surface area contributed by atoms with Crippen LogP contribution in [0.15, 0.2) is 24.3 Å². The minimum atomic E-state index is -0.483. The molecule has 0 aliphatic heterocycles. The molecule has 0 unspecified atom stereocenters. The average molecular weight is 416 g/mol. The third-order valence-electron chi connectivity index (χ3n) is 4.90. The van der Waals surface area contributed by atoms with Crippen LogP contribution in [-0.4, -0.2) is 33.8 Å². The van der Waals surface area contributed by atoms with Gasteiger partial charge in [0.25, 0.3) is 5.91 Å². The Morgan fingerprint density at radius 3 is 2.28 bits per heavy atom. The van der Waals surface area contributed by atoms with Crippen molar-refractivity contribution in [1.82, 2.24) is 9.88 Å². The lowest BCUT2D eigenvalue weighted by Crippen LogP contribution is -2.49. The summed E-state index contributed by atoms with van der Waals surface area (Å²) in [4.78, 5) is 32.8. The van der Waals surface area contributed by atoms with Crippen LogP contribution in [0.2, 0.25) is 0 Å². The molecular formula is C23H33N3O2S. The molecule has 29 heavy (non-hydrogen) atoms. The third-order valence-corrected chi connectivity index (χ3v) is 5.89. The lowest BCUT2D eigenvalue weighted by Gasteiger charge is -2.35. The molecule has 0 radical (unpaired) electrons. The molecule has 2 amide bonds. The molecule has 0 atom stereocenters. The van der Waals surface area contributed by atoms with Crippen LogP contribution >= 0.6 is 11.3 Å². The summed E-state index contributed by atoms with van der Waals surface area (Å²) in [5, 5.41) is 3.40. The largest absolute Gasteiger partial charge is 0.324 e. The van der Waals surface area contributed by atoms with E-state index in [1.807, 2.05) is 58.9 Å². The molecule has 0 saturated heterocycles. The summed E-state index contributed by atoms with van der Waals surface area (Å²) < 4.78 is 0. The fraction of sp³-hybridized carbons (Fsp3) is 0.522. The summed E-state index contributed by atoms with van der Waals surface area (Å²) in [5.74, 6) is -0.377. The maximum atomic E-state index is 13.1. The van der Waals surface area contributed by atoms with Crippen molar-refractivity contribution >= 4 is 28.3 Å². The minimum absolute atomic E-state index is 0.0156. The summed E-state index contributed by atoms with van der Waals surface area (Å²) in [5.41, 5.74) is 2.27. The summed E-state index contributed by atoms with van der Waals surface area (Å²) in [7, 11) is 0. The normalized spacial score (nSPS) is 11.4. The predicted octanol–water partition coefficient (Wildman–Crippen LogP) is 5.37. The first-order chi connectivity index (χ1) is 13.6. The Hall–Kier alpha value is -2.21. The third kappa shape index (κ3) is 6.67. The number of hydrogen-bond acceptors (Lipinski definition) is 4. The van der Waals surface area contributed by atoms with Gasteiger partial charge >= 0.3 is 0 Å². The van der Waals surface area contributed by atoms with E-state index in [1.54, 1.807) is 4.90 Å². The van der Waals surface area contributed by atoms with E-state index >= 15 is 0 Å². The van der Waals surface area contributed by atoms with E-state index in [0.29, 0.717) is 10.7 Å². The molecule has 5 nitrogen and oxygen atoms in total.